The summed E-state index contributed by atoms with van der Waals surface area (Å²) in [7, 11) is -5.37. The van der Waals surface area contributed by atoms with Crippen molar-refractivity contribution in [3.8, 4) is 0 Å². The van der Waals surface area contributed by atoms with E-state index in [-0.39, 0.29) is 5.82 Å². The Bertz CT molecular complexity index is 2160. The van der Waals surface area contributed by atoms with E-state index >= 15 is 0 Å². The molecule has 1 unspecified atom stereocenters. The lowest BCUT2D eigenvalue weighted by molar-refractivity contribution is -0.294. The SMILES string of the molecule is COC(=O)[C@]1(OP(=O)(O)OC[C@H]2O[C@@H](n3ccc(NC(C)=O)nc3=O)[C@H](OC(C)=O)[C@@H]2OC(C)=O)C[C@H](OC(C)=O)[C@@H](NC(=O)C(F)(F)F)[C@H]([C@H](OC(C)=O)[C@@H](COC(C)=O)OC(C)=O)O1. The smallest absolute Gasteiger partial charge is 0.465 e. The third-order valence-electron chi connectivity index (χ3n) is 8.64. The van der Waals surface area contributed by atoms with Gasteiger partial charge in [-0.15, -0.1) is 0 Å². The normalized spacial score (nSPS) is 25.6. The lowest BCUT2D eigenvalue weighted by atomic mass is 9.88. The van der Waals surface area contributed by atoms with Gasteiger partial charge in [-0.25, -0.2) is 18.7 Å². The average Bonchev–Trinajstić information content (AvgIpc) is 3.48. The summed E-state index contributed by atoms with van der Waals surface area (Å²) in [6, 6.07) is -1.29. The molecule has 66 heavy (non-hydrogen) atoms. The van der Waals surface area contributed by atoms with Gasteiger partial charge in [0.1, 0.15) is 30.7 Å². The number of anilines is 1. The Hall–Kier alpha value is -6.07. The van der Waals surface area contributed by atoms with Gasteiger partial charge in [0, 0.05) is 54.7 Å². The molecule has 0 spiro atoms. The highest BCUT2D eigenvalue weighted by Crippen LogP contribution is 2.52. The summed E-state index contributed by atoms with van der Waals surface area (Å²) in [6.07, 6.45) is -22.6. The van der Waals surface area contributed by atoms with Crippen LogP contribution in [0.5, 0.6) is 0 Å². The Morgan fingerprint density at radius 2 is 1.50 bits per heavy atom. The number of alkyl halides is 3. The van der Waals surface area contributed by atoms with E-state index in [4.69, 9.17) is 51.7 Å². The number of phosphoric acid groups is 1. The molecule has 0 aliphatic carbocycles. The van der Waals surface area contributed by atoms with Crippen molar-refractivity contribution in [2.45, 2.75) is 122 Å². The van der Waals surface area contributed by atoms with Crippen molar-refractivity contribution >= 4 is 67.2 Å². The van der Waals surface area contributed by atoms with Gasteiger partial charge in [-0.3, -0.25) is 47.4 Å². The van der Waals surface area contributed by atoms with Crippen molar-refractivity contribution in [3.05, 3.63) is 22.7 Å². The molecule has 3 rings (SSSR count). The van der Waals surface area contributed by atoms with Crippen LogP contribution in [-0.4, -0.2) is 149 Å². The van der Waals surface area contributed by atoms with Crippen LogP contribution in [0.1, 0.15) is 61.1 Å². The van der Waals surface area contributed by atoms with Crippen molar-refractivity contribution in [1.82, 2.24) is 14.9 Å². The van der Waals surface area contributed by atoms with Crippen molar-refractivity contribution in [2.24, 2.45) is 0 Å². The maximum atomic E-state index is 14.0. The Kier molecular flexibility index (Phi) is 18.4. The zero-order chi connectivity index (χ0) is 50.1. The fraction of sp³-hybridized carbons (Fsp3) is 0.629. The molecule has 0 radical (unpaired) electrons. The Labute approximate surface area is 369 Å². The van der Waals surface area contributed by atoms with E-state index in [1.165, 1.54) is 5.32 Å². The summed E-state index contributed by atoms with van der Waals surface area (Å²) >= 11 is 0. The molecular weight excluding hydrogens is 932 g/mol. The van der Waals surface area contributed by atoms with E-state index in [1.807, 2.05) is 0 Å². The quantitative estimate of drug-likeness (QED) is 0.0917. The third-order valence-corrected chi connectivity index (χ3v) is 9.64. The van der Waals surface area contributed by atoms with Crippen LogP contribution in [-0.2, 0) is 99.4 Å². The first-order chi connectivity index (χ1) is 30.5. The van der Waals surface area contributed by atoms with E-state index in [2.05, 4.69) is 10.3 Å². The molecule has 1 aromatic rings. The minimum atomic E-state index is -6.01. The third kappa shape index (κ3) is 15.0. The Morgan fingerprint density at radius 1 is 0.909 bits per heavy atom. The molecule has 3 N–H and O–H groups in total. The minimum absolute atomic E-state index is 0.220. The molecule has 2 aliphatic rings. The lowest BCUT2D eigenvalue weighted by Crippen LogP contribution is -2.70. The molecule has 368 valence electrons. The number of aromatic nitrogens is 2. The number of ether oxygens (including phenoxy) is 9. The van der Waals surface area contributed by atoms with Gasteiger partial charge in [0.2, 0.25) is 5.91 Å². The number of esters is 7. The molecule has 3 heterocycles. The number of rotatable bonds is 18. The second kappa shape index (κ2) is 22.4. The van der Waals surface area contributed by atoms with E-state index < -0.39 is 154 Å². The van der Waals surface area contributed by atoms with Crippen molar-refractivity contribution in [1.29, 1.82) is 0 Å². The van der Waals surface area contributed by atoms with E-state index in [0.717, 1.165) is 58.4 Å². The summed E-state index contributed by atoms with van der Waals surface area (Å²) < 4.78 is 114. The van der Waals surface area contributed by atoms with E-state index in [9.17, 15) is 70.6 Å². The van der Waals surface area contributed by atoms with Crippen LogP contribution in [0.4, 0.5) is 19.0 Å². The summed E-state index contributed by atoms with van der Waals surface area (Å²) in [6.45, 7) is 3.70. The lowest BCUT2D eigenvalue weighted by Gasteiger charge is -2.48. The molecule has 0 saturated carbocycles. The standard InChI is InChI=1S/C35H44F3N4O23P/c1-14(43)39-24-9-10-42(33(52)40-24)30-29(62-20(7)49)27(61-19(6)48)23(63-30)13-57-66(53,54)65-34(32(51)55-8)11-21(58-16(3)45)25(41-31(50)35(36,37)38)28(64-34)26(60-18(5)47)22(59-17(4)46)12-56-15(2)44/h9-10,21-23,25-30H,11-13H2,1-8H3,(H,41,50)(H,53,54)(H,39,40,43,52)/t21-,22+,23+,25+,26+,27+,28+,29+,30+,34+/m0/s1. The minimum Gasteiger partial charge on any atom is -0.465 e. The fourth-order valence-corrected chi connectivity index (χ4v) is 7.40. The van der Waals surface area contributed by atoms with Gasteiger partial charge in [0.05, 0.1) is 26.2 Å². The molecule has 2 amide bonds. The van der Waals surface area contributed by atoms with Gasteiger partial charge >= 0.3 is 67.4 Å². The number of hydrogen-bond acceptors (Lipinski definition) is 23. The van der Waals surface area contributed by atoms with Crippen molar-refractivity contribution in [2.75, 3.05) is 25.6 Å². The number of halogens is 3. The van der Waals surface area contributed by atoms with E-state index in [1.54, 1.807) is 0 Å². The van der Waals surface area contributed by atoms with Crippen LogP contribution >= 0.6 is 7.82 Å². The predicted octanol–water partition coefficient (Wildman–Crippen LogP) is -0.840. The van der Waals surface area contributed by atoms with Gasteiger partial charge in [-0.2, -0.15) is 18.2 Å². The number of amides is 2. The Morgan fingerprint density at radius 3 is 2.00 bits per heavy atom. The van der Waals surface area contributed by atoms with Crippen LogP contribution in [0.3, 0.4) is 0 Å². The molecule has 1 aromatic heterocycles. The van der Waals surface area contributed by atoms with Gasteiger partial charge in [-0.1, -0.05) is 0 Å². The summed E-state index contributed by atoms with van der Waals surface area (Å²) in [5.74, 6) is -15.9. The number of methoxy groups -OCH3 is 1. The van der Waals surface area contributed by atoms with Crippen LogP contribution in [0.2, 0.25) is 0 Å². The molecule has 27 nitrogen and oxygen atoms in total. The van der Waals surface area contributed by atoms with Gasteiger partial charge in [-0.05, 0) is 6.07 Å². The zero-order valence-electron chi connectivity index (χ0n) is 35.9. The molecule has 2 aliphatic heterocycles. The van der Waals surface area contributed by atoms with Gasteiger partial charge in [0.15, 0.2) is 30.6 Å². The van der Waals surface area contributed by atoms with Crippen LogP contribution in [0.15, 0.2) is 17.1 Å². The maximum Gasteiger partial charge on any atom is 0.475 e. The van der Waals surface area contributed by atoms with Crippen LogP contribution < -0.4 is 16.3 Å². The molecule has 0 bridgehead atoms. The number of carbonyl (C=O) groups excluding carboxylic acids is 9. The number of hydrogen-bond donors (Lipinski definition) is 3. The number of nitrogens with zero attached hydrogens (tertiary/aromatic N) is 2. The second-order valence-electron chi connectivity index (χ2n) is 14.0. The number of phosphoric ester groups is 1. The first kappa shape index (κ1) is 54.3. The van der Waals surface area contributed by atoms with Crippen molar-refractivity contribution < 1.29 is 117 Å². The highest BCUT2D eigenvalue weighted by Gasteiger charge is 2.63. The largest absolute Gasteiger partial charge is 0.475 e. The van der Waals surface area contributed by atoms with Crippen molar-refractivity contribution in [3.63, 3.8) is 0 Å². The van der Waals surface area contributed by atoms with Gasteiger partial charge in [0.25, 0.3) is 5.79 Å². The summed E-state index contributed by atoms with van der Waals surface area (Å²) in [5.41, 5.74) is -1.13. The molecule has 0 aromatic carbocycles. The maximum absolute atomic E-state index is 14.0. The summed E-state index contributed by atoms with van der Waals surface area (Å²) in [5, 5.41) is 3.73. The topological polar surface area (TPSA) is 351 Å². The Balaban J connectivity index is 2.19. The molecule has 11 atom stereocenters. The molecule has 2 fully saturated rings. The first-order valence-electron chi connectivity index (χ1n) is 18.8. The monoisotopic (exact) mass is 976 g/mol. The van der Waals surface area contributed by atoms with Crippen LogP contribution in [0, 0.1) is 0 Å². The number of carbonyl (C=O) groups is 9. The van der Waals surface area contributed by atoms with E-state index in [0.29, 0.717) is 14.0 Å². The predicted molar refractivity (Wildman–Crippen MR) is 200 cm³/mol. The highest BCUT2D eigenvalue weighted by molar-refractivity contribution is 7.47. The second-order valence-corrected chi connectivity index (χ2v) is 15.3. The molecule has 2 saturated heterocycles. The molecular formula is C35H44F3N4O23P. The number of nitrogens with one attached hydrogen (secondary N) is 2. The molecule has 31 heteroatoms. The van der Waals surface area contributed by atoms with Crippen LogP contribution in [0.25, 0.3) is 0 Å². The average molecular weight is 977 g/mol. The zero-order valence-corrected chi connectivity index (χ0v) is 36.8. The highest BCUT2D eigenvalue weighted by atomic mass is 31.2. The fourth-order valence-electron chi connectivity index (χ4n) is 6.44. The summed E-state index contributed by atoms with van der Waals surface area (Å²) in [4.78, 5) is 139. The van der Waals surface area contributed by atoms with Gasteiger partial charge < -0.3 is 58.2 Å². The first-order valence-corrected chi connectivity index (χ1v) is 20.3.